The molecule has 0 saturated carbocycles. The molecule has 4 heterocycles. The fourth-order valence-corrected chi connectivity index (χ4v) is 11.0. The van der Waals surface area contributed by atoms with Gasteiger partial charge >= 0.3 is 0 Å². The van der Waals surface area contributed by atoms with E-state index in [0.717, 1.165) is 99.6 Å². The van der Waals surface area contributed by atoms with Crippen LogP contribution in [0, 0.1) is 0 Å². The number of para-hydroxylation sites is 2. The van der Waals surface area contributed by atoms with Crippen LogP contribution >= 0.6 is 0 Å². The number of fused-ring (bicyclic) bond motifs is 9. The summed E-state index contributed by atoms with van der Waals surface area (Å²) in [6.07, 6.45) is 0. The number of furan rings is 2. The van der Waals surface area contributed by atoms with Crippen LogP contribution < -0.4 is 0 Å². The summed E-state index contributed by atoms with van der Waals surface area (Å²) in [4.78, 5) is 15.5. The molecule has 0 fully saturated rings. The highest BCUT2D eigenvalue weighted by molar-refractivity contribution is 6.13. The van der Waals surface area contributed by atoms with Gasteiger partial charge in [-0.3, -0.25) is 0 Å². The van der Waals surface area contributed by atoms with Gasteiger partial charge in [-0.15, -0.1) is 0 Å². The molecule has 11 aromatic carbocycles. The van der Waals surface area contributed by atoms with Gasteiger partial charge in [0, 0.05) is 54.7 Å². The van der Waals surface area contributed by atoms with Crippen molar-refractivity contribution < 1.29 is 8.83 Å². The number of rotatable bonds is 8. The van der Waals surface area contributed by atoms with Gasteiger partial charge in [-0.2, -0.15) is 0 Å². The molecule has 0 N–H and O–H groups in total. The second-order valence-corrected chi connectivity index (χ2v) is 19.1. The Bertz CT molecular complexity index is 4710. The SMILES string of the molecule is c1ccc(-c2ccc3c(c2)oc2cc(-c4nc(-c5ccccc5)nc(-c5cccc6oc7ccc(-c8cccc(-c9cccc(-c%10ccc%11c(c%10)c%10ccccc%10n%11-c%10ccccc%10)c9)c8)cc7c56)n4)ccc23)cc1. The Morgan fingerprint density at radius 1 is 0.253 bits per heavy atom. The van der Waals surface area contributed by atoms with E-state index in [1.54, 1.807) is 0 Å². The number of hydrogen-bond acceptors (Lipinski definition) is 5. The van der Waals surface area contributed by atoms with E-state index in [-0.39, 0.29) is 0 Å². The standard InChI is InChI=1S/C69H42N4O2/c1-4-15-43(16-5-1)51-29-33-55-56-34-30-52(42-65(56)75-64(55)41-51)68-70-67(44-17-6-2-7-18-44)71-69(72-68)57-26-14-28-63-66(57)59-40-50(32-36-62(59)74-63)48-22-13-20-46(38-48)45-19-12-21-47(37-45)49-31-35-61-58(39-49)54-25-10-11-27-60(54)73(61)53-23-8-3-9-24-53/h1-42H. The molecular formula is C69H42N4O2. The van der Waals surface area contributed by atoms with Gasteiger partial charge in [0.25, 0.3) is 0 Å². The third kappa shape index (κ3) is 7.30. The second kappa shape index (κ2) is 17.3. The van der Waals surface area contributed by atoms with Gasteiger partial charge < -0.3 is 13.4 Å². The first-order valence-electron chi connectivity index (χ1n) is 25.2. The lowest BCUT2D eigenvalue weighted by molar-refractivity contribution is 0.668. The summed E-state index contributed by atoms with van der Waals surface area (Å²) < 4.78 is 15.5. The summed E-state index contributed by atoms with van der Waals surface area (Å²) in [6.45, 7) is 0. The van der Waals surface area contributed by atoms with Crippen LogP contribution in [-0.4, -0.2) is 19.5 Å². The summed E-state index contributed by atoms with van der Waals surface area (Å²) in [7, 11) is 0. The lowest BCUT2D eigenvalue weighted by atomic mass is 9.95. The minimum atomic E-state index is 0.550. The van der Waals surface area contributed by atoms with Gasteiger partial charge in [0.1, 0.15) is 22.3 Å². The molecule has 15 rings (SSSR count). The predicted octanol–water partition coefficient (Wildman–Crippen LogP) is 18.4. The first-order chi connectivity index (χ1) is 37.1. The third-order valence-corrected chi connectivity index (χ3v) is 14.7. The van der Waals surface area contributed by atoms with Crippen molar-refractivity contribution in [2.75, 3.05) is 0 Å². The van der Waals surface area contributed by atoms with Gasteiger partial charge in [0.05, 0.1) is 11.0 Å². The molecule has 0 aliphatic rings. The van der Waals surface area contributed by atoms with Crippen LogP contribution in [-0.2, 0) is 0 Å². The predicted molar refractivity (Wildman–Crippen MR) is 307 cm³/mol. The second-order valence-electron chi connectivity index (χ2n) is 19.1. The Balaban J connectivity index is 0.801. The fraction of sp³-hybridized carbons (Fsp3) is 0. The zero-order valence-electron chi connectivity index (χ0n) is 40.4. The largest absolute Gasteiger partial charge is 0.456 e. The number of benzene rings is 11. The minimum absolute atomic E-state index is 0.550. The quantitative estimate of drug-likeness (QED) is 0.152. The smallest absolute Gasteiger partial charge is 0.164 e. The van der Waals surface area contributed by atoms with Gasteiger partial charge in [-0.1, -0.05) is 170 Å². The van der Waals surface area contributed by atoms with Crippen molar-refractivity contribution in [1.82, 2.24) is 19.5 Å². The van der Waals surface area contributed by atoms with Crippen molar-refractivity contribution in [3.63, 3.8) is 0 Å². The summed E-state index contributed by atoms with van der Waals surface area (Å²) in [5.41, 5.74) is 18.3. The number of aromatic nitrogens is 4. The van der Waals surface area contributed by atoms with Gasteiger partial charge in [-0.05, 0) is 129 Å². The maximum atomic E-state index is 6.59. The minimum Gasteiger partial charge on any atom is -0.456 e. The monoisotopic (exact) mass is 958 g/mol. The molecule has 0 atom stereocenters. The van der Waals surface area contributed by atoms with E-state index in [0.29, 0.717) is 17.5 Å². The van der Waals surface area contributed by atoms with E-state index in [9.17, 15) is 0 Å². The van der Waals surface area contributed by atoms with Crippen LogP contribution in [0.25, 0.3) is 150 Å². The van der Waals surface area contributed by atoms with Crippen molar-refractivity contribution in [3.8, 4) is 84.4 Å². The summed E-state index contributed by atoms with van der Waals surface area (Å²) >= 11 is 0. The Kier molecular flexibility index (Phi) is 9.78. The molecule has 15 aromatic rings. The Morgan fingerprint density at radius 3 is 1.44 bits per heavy atom. The molecule has 6 heteroatoms. The molecular weight excluding hydrogens is 917 g/mol. The Morgan fingerprint density at radius 2 is 0.733 bits per heavy atom. The topological polar surface area (TPSA) is 69.9 Å². The fourth-order valence-electron chi connectivity index (χ4n) is 11.0. The van der Waals surface area contributed by atoms with Crippen molar-refractivity contribution in [2.45, 2.75) is 0 Å². The zero-order chi connectivity index (χ0) is 49.4. The Hall–Kier alpha value is -10.2. The third-order valence-electron chi connectivity index (χ3n) is 14.7. The van der Waals surface area contributed by atoms with Gasteiger partial charge in [-0.25, -0.2) is 15.0 Å². The van der Waals surface area contributed by atoms with E-state index in [4.69, 9.17) is 23.8 Å². The lowest BCUT2D eigenvalue weighted by Gasteiger charge is -2.10. The van der Waals surface area contributed by atoms with E-state index in [1.165, 1.54) is 32.9 Å². The summed E-state index contributed by atoms with van der Waals surface area (Å²) in [5.74, 6) is 1.68. The van der Waals surface area contributed by atoms with E-state index < -0.39 is 0 Å². The number of nitrogens with zero attached hydrogens (tertiary/aromatic N) is 4. The highest BCUT2D eigenvalue weighted by Crippen LogP contribution is 2.41. The van der Waals surface area contributed by atoms with E-state index in [2.05, 4.69) is 205 Å². The molecule has 0 radical (unpaired) electrons. The van der Waals surface area contributed by atoms with Crippen LogP contribution in [0.1, 0.15) is 0 Å². The first kappa shape index (κ1) is 42.5. The molecule has 0 bridgehead atoms. The maximum Gasteiger partial charge on any atom is 0.164 e. The average Bonchev–Trinajstić information content (AvgIpc) is 4.19. The lowest BCUT2D eigenvalue weighted by Crippen LogP contribution is -2.00. The Labute approximate surface area is 431 Å². The van der Waals surface area contributed by atoms with Gasteiger partial charge in [0.15, 0.2) is 17.5 Å². The summed E-state index contributed by atoms with van der Waals surface area (Å²) in [6, 6.07) is 89.5. The molecule has 0 aliphatic heterocycles. The van der Waals surface area contributed by atoms with E-state index in [1.807, 2.05) is 54.6 Å². The molecule has 0 saturated heterocycles. The highest BCUT2D eigenvalue weighted by atomic mass is 16.3. The van der Waals surface area contributed by atoms with Gasteiger partial charge in [0.2, 0.25) is 0 Å². The molecule has 6 nitrogen and oxygen atoms in total. The van der Waals surface area contributed by atoms with Crippen molar-refractivity contribution >= 4 is 65.7 Å². The van der Waals surface area contributed by atoms with Crippen LogP contribution in [0.3, 0.4) is 0 Å². The van der Waals surface area contributed by atoms with Crippen molar-refractivity contribution in [2.24, 2.45) is 0 Å². The van der Waals surface area contributed by atoms with Crippen LogP contribution in [0.5, 0.6) is 0 Å². The average molecular weight is 959 g/mol. The highest BCUT2D eigenvalue weighted by Gasteiger charge is 2.20. The summed E-state index contributed by atoms with van der Waals surface area (Å²) in [5, 5.41) is 6.49. The van der Waals surface area contributed by atoms with Crippen molar-refractivity contribution in [1.29, 1.82) is 0 Å². The van der Waals surface area contributed by atoms with E-state index >= 15 is 0 Å². The van der Waals surface area contributed by atoms with Crippen LogP contribution in [0.4, 0.5) is 0 Å². The molecule has 0 amide bonds. The maximum absolute atomic E-state index is 6.59. The molecule has 0 unspecified atom stereocenters. The molecule has 350 valence electrons. The molecule has 0 aliphatic carbocycles. The van der Waals surface area contributed by atoms with Crippen LogP contribution in [0.2, 0.25) is 0 Å². The molecule has 0 spiro atoms. The van der Waals surface area contributed by atoms with Crippen molar-refractivity contribution in [3.05, 3.63) is 255 Å². The molecule has 4 aromatic heterocycles. The molecule has 75 heavy (non-hydrogen) atoms. The van der Waals surface area contributed by atoms with Crippen LogP contribution in [0.15, 0.2) is 264 Å². The first-order valence-corrected chi connectivity index (χ1v) is 25.2. The number of hydrogen-bond donors (Lipinski definition) is 0. The zero-order valence-corrected chi connectivity index (χ0v) is 40.4. The normalized spacial score (nSPS) is 11.7.